The molecule has 0 fully saturated rings. The van der Waals surface area contributed by atoms with Crippen LogP contribution in [0, 0.1) is 5.92 Å². The Hall–Kier alpha value is -0.0400. The Morgan fingerprint density at radius 2 is 0.590 bits per heavy atom. The number of unbranched alkanes of at least 4 members (excludes halogenated alkanes) is 28. The van der Waals surface area contributed by atoms with Gasteiger partial charge in [-0.05, 0) is 18.8 Å². The van der Waals surface area contributed by atoms with Gasteiger partial charge in [-0.3, -0.25) is 0 Å². The van der Waals surface area contributed by atoms with E-state index in [0.717, 1.165) is 19.1 Å². The SMILES string of the molecule is CCCCCCCCCCCCCCCCCCOCCC(C)CCCCCCCCCCCCCCCC. The van der Waals surface area contributed by atoms with Gasteiger partial charge in [-0.1, -0.05) is 213 Å². The van der Waals surface area contributed by atoms with Gasteiger partial charge in [0.15, 0.2) is 0 Å². The summed E-state index contributed by atoms with van der Waals surface area (Å²) < 4.78 is 5.95. The van der Waals surface area contributed by atoms with Gasteiger partial charge < -0.3 is 4.74 Å². The lowest BCUT2D eigenvalue weighted by Gasteiger charge is -2.11. The van der Waals surface area contributed by atoms with E-state index in [0.29, 0.717) is 0 Å². The van der Waals surface area contributed by atoms with E-state index in [1.165, 1.54) is 205 Å². The van der Waals surface area contributed by atoms with E-state index in [-0.39, 0.29) is 0 Å². The molecule has 0 amide bonds. The highest BCUT2D eigenvalue weighted by Crippen LogP contribution is 2.17. The Kier molecular flexibility index (Phi) is 35.9. The van der Waals surface area contributed by atoms with Crippen molar-refractivity contribution in [2.75, 3.05) is 13.2 Å². The first-order valence-electron chi connectivity index (χ1n) is 18.9. The van der Waals surface area contributed by atoms with E-state index < -0.39 is 0 Å². The van der Waals surface area contributed by atoms with E-state index in [9.17, 15) is 0 Å². The standard InChI is InChI=1S/C38H78O/c1-4-6-8-10-12-14-16-18-20-21-23-25-27-29-31-33-36-39-37-35-38(3)34-32-30-28-26-24-22-19-17-15-13-11-9-7-5-2/h38H,4-37H2,1-3H3. The molecule has 0 N–H and O–H groups in total. The van der Waals surface area contributed by atoms with Crippen molar-refractivity contribution in [3.8, 4) is 0 Å². The minimum atomic E-state index is 0.841. The minimum absolute atomic E-state index is 0.841. The molecule has 0 saturated heterocycles. The summed E-state index contributed by atoms with van der Waals surface area (Å²) in [5, 5.41) is 0. The molecule has 0 spiro atoms. The van der Waals surface area contributed by atoms with Crippen molar-refractivity contribution in [1.82, 2.24) is 0 Å². The largest absolute Gasteiger partial charge is 0.381 e. The topological polar surface area (TPSA) is 9.23 Å². The molecule has 1 nitrogen and oxygen atoms in total. The molecule has 0 aromatic carbocycles. The fraction of sp³-hybridized carbons (Fsp3) is 1.00. The average Bonchev–Trinajstić information content (AvgIpc) is 2.94. The minimum Gasteiger partial charge on any atom is -0.381 e. The lowest BCUT2D eigenvalue weighted by molar-refractivity contribution is 0.116. The van der Waals surface area contributed by atoms with Gasteiger partial charge in [0.1, 0.15) is 0 Å². The van der Waals surface area contributed by atoms with Gasteiger partial charge >= 0.3 is 0 Å². The first kappa shape index (κ1) is 39.0. The van der Waals surface area contributed by atoms with Crippen LogP contribution in [-0.4, -0.2) is 13.2 Å². The van der Waals surface area contributed by atoms with Crippen molar-refractivity contribution in [3.05, 3.63) is 0 Å². The van der Waals surface area contributed by atoms with Gasteiger partial charge in [-0.2, -0.15) is 0 Å². The third-order valence-corrected chi connectivity index (χ3v) is 8.95. The van der Waals surface area contributed by atoms with Crippen LogP contribution in [-0.2, 0) is 4.74 Å². The molecule has 1 unspecified atom stereocenters. The molecule has 39 heavy (non-hydrogen) atoms. The van der Waals surface area contributed by atoms with E-state index >= 15 is 0 Å². The molecule has 0 saturated carbocycles. The average molecular weight is 551 g/mol. The Balaban J connectivity index is 3.13. The van der Waals surface area contributed by atoms with Crippen LogP contribution in [0.1, 0.15) is 226 Å². The highest BCUT2D eigenvalue weighted by Gasteiger charge is 2.03. The molecular formula is C38H78O. The Bertz CT molecular complexity index is 406. The molecule has 236 valence electrons. The van der Waals surface area contributed by atoms with Crippen molar-refractivity contribution < 1.29 is 4.74 Å². The highest BCUT2D eigenvalue weighted by atomic mass is 16.5. The third-order valence-electron chi connectivity index (χ3n) is 8.95. The van der Waals surface area contributed by atoms with Crippen LogP contribution in [0.15, 0.2) is 0 Å². The molecule has 0 aromatic heterocycles. The Labute approximate surface area is 249 Å². The maximum atomic E-state index is 5.95. The van der Waals surface area contributed by atoms with E-state index in [1.807, 2.05) is 0 Å². The number of rotatable bonds is 35. The molecule has 0 aliphatic rings. The van der Waals surface area contributed by atoms with Crippen LogP contribution in [0.25, 0.3) is 0 Å². The third kappa shape index (κ3) is 35.9. The van der Waals surface area contributed by atoms with Crippen LogP contribution in [0.5, 0.6) is 0 Å². The summed E-state index contributed by atoms with van der Waals surface area (Å²) in [7, 11) is 0. The molecule has 0 radical (unpaired) electrons. The molecule has 0 aliphatic carbocycles. The summed E-state index contributed by atoms with van der Waals surface area (Å²) in [4.78, 5) is 0. The Morgan fingerprint density at radius 1 is 0.308 bits per heavy atom. The zero-order valence-electron chi connectivity index (χ0n) is 28.0. The summed E-state index contributed by atoms with van der Waals surface area (Å²) in [6, 6.07) is 0. The van der Waals surface area contributed by atoms with E-state index in [4.69, 9.17) is 4.74 Å². The fourth-order valence-corrected chi connectivity index (χ4v) is 5.97. The van der Waals surface area contributed by atoms with Gasteiger partial charge in [-0.25, -0.2) is 0 Å². The van der Waals surface area contributed by atoms with E-state index in [1.54, 1.807) is 0 Å². The second-order valence-corrected chi connectivity index (χ2v) is 13.2. The summed E-state index contributed by atoms with van der Waals surface area (Å²) in [6.07, 6.45) is 46.0. The summed E-state index contributed by atoms with van der Waals surface area (Å²) in [6.45, 7) is 9.01. The maximum Gasteiger partial charge on any atom is 0.0468 e. The highest BCUT2D eigenvalue weighted by molar-refractivity contribution is 4.55. The molecule has 0 bridgehead atoms. The first-order chi connectivity index (χ1) is 19.3. The number of ether oxygens (including phenoxy) is 1. The molecule has 1 atom stereocenters. The lowest BCUT2D eigenvalue weighted by Crippen LogP contribution is -2.03. The zero-order chi connectivity index (χ0) is 28.3. The van der Waals surface area contributed by atoms with Crippen LogP contribution < -0.4 is 0 Å². The fourth-order valence-electron chi connectivity index (χ4n) is 5.97. The van der Waals surface area contributed by atoms with Crippen molar-refractivity contribution in [3.63, 3.8) is 0 Å². The second kappa shape index (κ2) is 36.0. The van der Waals surface area contributed by atoms with Crippen molar-refractivity contribution in [1.29, 1.82) is 0 Å². The first-order valence-corrected chi connectivity index (χ1v) is 18.9. The molecule has 0 aromatic rings. The zero-order valence-corrected chi connectivity index (χ0v) is 28.0. The summed E-state index contributed by atoms with van der Waals surface area (Å²) in [5.41, 5.74) is 0. The smallest absolute Gasteiger partial charge is 0.0468 e. The van der Waals surface area contributed by atoms with Gasteiger partial charge in [0.2, 0.25) is 0 Å². The van der Waals surface area contributed by atoms with Crippen LogP contribution in [0.2, 0.25) is 0 Å². The molecule has 1 heteroatoms. The molecule has 0 aliphatic heterocycles. The lowest BCUT2D eigenvalue weighted by atomic mass is 9.99. The second-order valence-electron chi connectivity index (χ2n) is 13.2. The quantitative estimate of drug-likeness (QED) is 0.0713. The van der Waals surface area contributed by atoms with Crippen LogP contribution in [0.4, 0.5) is 0 Å². The van der Waals surface area contributed by atoms with Crippen LogP contribution >= 0.6 is 0 Å². The number of hydrogen-bond donors (Lipinski definition) is 0. The van der Waals surface area contributed by atoms with Gasteiger partial charge in [-0.15, -0.1) is 0 Å². The van der Waals surface area contributed by atoms with Crippen LogP contribution in [0.3, 0.4) is 0 Å². The van der Waals surface area contributed by atoms with Crippen molar-refractivity contribution in [2.24, 2.45) is 5.92 Å². The normalized spacial score (nSPS) is 12.4. The maximum absolute atomic E-state index is 5.95. The predicted molar refractivity (Wildman–Crippen MR) is 179 cm³/mol. The monoisotopic (exact) mass is 551 g/mol. The number of hydrogen-bond acceptors (Lipinski definition) is 1. The Morgan fingerprint density at radius 3 is 0.923 bits per heavy atom. The van der Waals surface area contributed by atoms with Crippen molar-refractivity contribution in [2.45, 2.75) is 226 Å². The molecule has 0 heterocycles. The van der Waals surface area contributed by atoms with Crippen molar-refractivity contribution >= 4 is 0 Å². The molecule has 0 rings (SSSR count). The van der Waals surface area contributed by atoms with Gasteiger partial charge in [0.25, 0.3) is 0 Å². The van der Waals surface area contributed by atoms with Gasteiger partial charge in [0.05, 0.1) is 0 Å². The molecular weight excluding hydrogens is 472 g/mol. The summed E-state index contributed by atoms with van der Waals surface area (Å²) in [5.74, 6) is 0.841. The van der Waals surface area contributed by atoms with Gasteiger partial charge in [0, 0.05) is 13.2 Å². The summed E-state index contributed by atoms with van der Waals surface area (Å²) >= 11 is 0. The van der Waals surface area contributed by atoms with E-state index in [2.05, 4.69) is 20.8 Å². The predicted octanol–water partition coefficient (Wildman–Crippen LogP) is 14.2.